The van der Waals surface area contributed by atoms with E-state index in [4.69, 9.17) is 9.47 Å². The van der Waals surface area contributed by atoms with Gasteiger partial charge in [-0.25, -0.2) is 4.52 Å². The lowest BCUT2D eigenvalue weighted by Crippen LogP contribution is -2.47. The second-order valence-electron chi connectivity index (χ2n) is 7.25. The topological polar surface area (TPSA) is 59.3 Å². The third-order valence-electron chi connectivity index (χ3n) is 5.31. The Morgan fingerprint density at radius 2 is 1.90 bits per heavy atom. The summed E-state index contributed by atoms with van der Waals surface area (Å²) >= 11 is 0. The van der Waals surface area contributed by atoms with E-state index in [0.29, 0.717) is 0 Å². The van der Waals surface area contributed by atoms with Gasteiger partial charge in [-0.3, -0.25) is 9.69 Å². The Labute approximate surface area is 168 Å². The first kappa shape index (κ1) is 17.8. The van der Waals surface area contributed by atoms with E-state index >= 15 is 0 Å². The molecule has 1 amide bonds. The van der Waals surface area contributed by atoms with Crippen LogP contribution in [-0.4, -0.2) is 58.3 Å². The molecule has 2 aromatic heterocycles. The normalized spacial score (nSPS) is 16.8. The highest BCUT2D eigenvalue weighted by molar-refractivity contribution is 5.92. The van der Waals surface area contributed by atoms with Crippen molar-refractivity contribution in [2.45, 2.75) is 6.54 Å². The molecule has 1 saturated heterocycles. The van der Waals surface area contributed by atoms with E-state index in [1.54, 1.807) is 6.08 Å². The van der Waals surface area contributed by atoms with Gasteiger partial charge in [0.15, 0.2) is 11.5 Å². The van der Waals surface area contributed by atoms with Crippen molar-refractivity contribution in [3.63, 3.8) is 0 Å². The lowest BCUT2D eigenvalue weighted by molar-refractivity contribution is -0.127. The lowest BCUT2D eigenvalue weighted by atomic mass is 10.2. The van der Waals surface area contributed by atoms with Gasteiger partial charge in [-0.15, -0.1) is 0 Å². The third-order valence-corrected chi connectivity index (χ3v) is 5.31. The van der Waals surface area contributed by atoms with E-state index in [0.717, 1.165) is 61.0 Å². The number of ether oxygens (including phenoxy) is 2. The number of hydrogen-bond donors (Lipinski definition) is 0. The molecule has 1 aromatic carbocycles. The minimum Gasteiger partial charge on any atom is -0.454 e. The molecule has 1 fully saturated rings. The standard InChI is InChI=1S/C22H22N4O3/c27-22(7-5-17-4-6-20-21(13-17)29-16-28-20)25-11-9-24(10-12-25)15-18-14-19-3-1-2-8-26(19)23-18/h1-8,13-14H,9-12,15-16H2. The Hall–Kier alpha value is -3.32. The summed E-state index contributed by atoms with van der Waals surface area (Å²) in [6.45, 7) is 4.18. The van der Waals surface area contributed by atoms with Crippen molar-refractivity contribution in [3.8, 4) is 11.5 Å². The molecule has 0 atom stereocenters. The Kier molecular flexibility index (Phi) is 4.65. The molecule has 4 heterocycles. The highest BCUT2D eigenvalue weighted by Crippen LogP contribution is 2.32. The number of aromatic nitrogens is 2. The first-order valence-corrected chi connectivity index (χ1v) is 9.77. The summed E-state index contributed by atoms with van der Waals surface area (Å²) in [6.07, 6.45) is 5.42. The predicted octanol–water partition coefficient (Wildman–Crippen LogP) is 2.42. The van der Waals surface area contributed by atoms with Gasteiger partial charge in [0.25, 0.3) is 0 Å². The maximum Gasteiger partial charge on any atom is 0.246 e. The average molecular weight is 390 g/mol. The van der Waals surface area contributed by atoms with Crippen LogP contribution in [0, 0.1) is 0 Å². The molecular weight excluding hydrogens is 368 g/mol. The van der Waals surface area contributed by atoms with Crippen LogP contribution in [-0.2, 0) is 11.3 Å². The van der Waals surface area contributed by atoms with Crippen molar-refractivity contribution in [2.75, 3.05) is 33.0 Å². The zero-order chi connectivity index (χ0) is 19.6. The molecule has 7 nitrogen and oxygen atoms in total. The first-order chi connectivity index (χ1) is 14.2. The molecule has 2 aliphatic rings. The average Bonchev–Trinajstić information content (AvgIpc) is 3.38. The number of amides is 1. The molecule has 0 N–H and O–H groups in total. The van der Waals surface area contributed by atoms with Gasteiger partial charge in [-0.05, 0) is 42.0 Å². The number of carbonyl (C=O) groups excluding carboxylic acids is 1. The van der Waals surface area contributed by atoms with E-state index in [9.17, 15) is 4.79 Å². The number of carbonyl (C=O) groups is 1. The van der Waals surface area contributed by atoms with Crippen molar-refractivity contribution >= 4 is 17.5 Å². The molecule has 0 bridgehead atoms. The maximum absolute atomic E-state index is 12.5. The summed E-state index contributed by atoms with van der Waals surface area (Å²) in [7, 11) is 0. The van der Waals surface area contributed by atoms with Crippen molar-refractivity contribution in [2.24, 2.45) is 0 Å². The Morgan fingerprint density at radius 1 is 1.03 bits per heavy atom. The zero-order valence-corrected chi connectivity index (χ0v) is 16.0. The van der Waals surface area contributed by atoms with Gasteiger partial charge in [0.2, 0.25) is 12.7 Å². The predicted molar refractivity (Wildman–Crippen MR) is 109 cm³/mol. The summed E-state index contributed by atoms with van der Waals surface area (Å²) in [5.74, 6) is 1.51. The number of rotatable bonds is 4. The minimum absolute atomic E-state index is 0.0371. The van der Waals surface area contributed by atoms with E-state index in [1.807, 2.05) is 52.0 Å². The molecule has 0 radical (unpaired) electrons. The number of nitrogens with zero attached hydrogens (tertiary/aromatic N) is 4. The Morgan fingerprint density at radius 3 is 2.76 bits per heavy atom. The second-order valence-corrected chi connectivity index (χ2v) is 7.25. The van der Waals surface area contributed by atoms with Gasteiger partial charge in [0.05, 0.1) is 11.2 Å². The van der Waals surface area contributed by atoms with Gasteiger partial charge in [0.1, 0.15) is 0 Å². The Bertz CT molecular complexity index is 1030. The molecule has 2 aliphatic heterocycles. The number of benzene rings is 1. The molecule has 0 aliphatic carbocycles. The first-order valence-electron chi connectivity index (χ1n) is 9.77. The molecule has 0 unspecified atom stereocenters. The highest BCUT2D eigenvalue weighted by atomic mass is 16.7. The van der Waals surface area contributed by atoms with Crippen LogP contribution in [0.25, 0.3) is 11.6 Å². The van der Waals surface area contributed by atoms with Crippen LogP contribution in [0.5, 0.6) is 11.5 Å². The van der Waals surface area contributed by atoms with E-state index in [2.05, 4.69) is 22.1 Å². The molecule has 7 heteroatoms. The fourth-order valence-electron chi connectivity index (χ4n) is 3.71. The fourth-order valence-corrected chi connectivity index (χ4v) is 3.71. The molecule has 5 rings (SSSR count). The summed E-state index contributed by atoms with van der Waals surface area (Å²) in [5.41, 5.74) is 3.08. The van der Waals surface area contributed by atoms with Crippen molar-refractivity contribution in [3.05, 3.63) is 66.0 Å². The van der Waals surface area contributed by atoms with Crippen LogP contribution in [0.1, 0.15) is 11.3 Å². The largest absolute Gasteiger partial charge is 0.454 e. The molecule has 0 saturated carbocycles. The summed E-state index contributed by atoms with van der Waals surface area (Å²) < 4.78 is 12.6. The molecule has 3 aromatic rings. The van der Waals surface area contributed by atoms with Crippen molar-refractivity contribution < 1.29 is 14.3 Å². The van der Waals surface area contributed by atoms with Gasteiger partial charge in [-0.1, -0.05) is 12.1 Å². The lowest BCUT2D eigenvalue weighted by Gasteiger charge is -2.33. The van der Waals surface area contributed by atoms with Crippen LogP contribution in [0.4, 0.5) is 0 Å². The SMILES string of the molecule is O=C(C=Cc1ccc2c(c1)OCO2)N1CCN(Cc2cc3ccccn3n2)CC1. The molecule has 29 heavy (non-hydrogen) atoms. The van der Waals surface area contributed by atoms with Gasteiger partial charge in [0, 0.05) is 45.0 Å². The summed E-state index contributed by atoms with van der Waals surface area (Å²) in [5, 5.41) is 4.61. The molecule has 148 valence electrons. The van der Waals surface area contributed by atoms with Crippen LogP contribution in [0.2, 0.25) is 0 Å². The van der Waals surface area contributed by atoms with Gasteiger partial charge in [-0.2, -0.15) is 5.10 Å². The monoisotopic (exact) mass is 390 g/mol. The van der Waals surface area contributed by atoms with E-state index in [-0.39, 0.29) is 12.7 Å². The van der Waals surface area contributed by atoms with Gasteiger partial charge < -0.3 is 14.4 Å². The quantitative estimate of drug-likeness (QED) is 0.641. The van der Waals surface area contributed by atoms with Crippen LogP contribution in [0.3, 0.4) is 0 Å². The zero-order valence-electron chi connectivity index (χ0n) is 16.0. The summed E-state index contributed by atoms with van der Waals surface area (Å²) in [4.78, 5) is 16.8. The number of fused-ring (bicyclic) bond motifs is 2. The van der Waals surface area contributed by atoms with Crippen LogP contribution in [0.15, 0.2) is 54.7 Å². The number of piperazine rings is 1. The number of hydrogen-bond acceptors (Lipinski definition) is 5. The Balaban J connectivity index is 1.15. The van der Waals surface area contributed by atoms with E-state index < -0.39 is 0 Å². The minimum atomic E-state index is 0.0371. The third kappa shape index (κ3) is 3.82. The fraction of sp³-hybridized carbons (Fsp3) is 0.273. The van der Waals surface area contributed by atoms with Gasteiger partial charge >= 0.3 is 0 Å². The number of pyridine rings is 1. The molecular formula is C22H22N4O3. The van der Waals surface area contributed by atoms with E-state index in [1.165, 1.54) is 0 Å². The van der Waals surface area contributed by atoms with Crippen molar-refractivity contribution in [1.29, 1.82) is 0 Å². The van der Waals surface area contributed by atoms with Crippen LogP contribution >= 0.6 is 0 Å². The second kappa shape index (κ2) is 7.60. The highest BCUT2D eigenvalue weighted by Gasteiger charge is 2.20. The molecule has 0 spiro atoms. The van der Waals surface area contributed by atoms with Crippen LogP contribution < -0.4 is 9.47 Å². The maximum atomic E-state index is 12.5. The summed E-state index contributed by atoms with van der Waals surface area (Å²) in [6, 6.07) is 13.8. The smallest absolute Gasteiger partial charge is 0.246 e. The van der Waals surface area contributed by atoms with Crippen molar-refractivity contribution in [1.82, 2.24) is 19.4 Å².